The highest BCUT2D eigenvalue weighted by Gasteiger charge is 2.36. The number of benzene rings is 1. The first-order valence-corrected chi connectivity index (χ1v) is 12.3. The molecule has 1 fully saturated rings. The first-order valence-electron chi connectivity index (χ1n) is 11.5. The van der Waals surface area contributed by atoms with E-state index >= 15 is 0 Å². The van der Waals surface area contributed by atoms with Crippen molar-refractivity contribution in [3.8, 4) is 0 Å². The van der Waals surface area contributed by atoms with Crippen LogP contribution in [0.2, 0.25) is 0 Å². The van der Waals surface area contributed by atoms with E-state index in [1.165, 1.54) is 28.5 Å². The number of nitrogens with one attached hydrogen (secondary N) is 2. The van der Waals surface area contributed by atoms with Gasteiger partial charge in [-0.2, -0.15) is 0 Å². The van der Waals surface area contributed by atoms with E-state index < -0.39 is 5.92 Å². The molecule has 0 aliphatic carbocycles. The van der Waals surface area contributed by atoms with Crippen LogP contribution in [0, 0.1) is 0 Å². The van der Waals surface area contributed by atoms with Gasteiger partial charge in [0.25, 0.3) is 11.8 Å². The molecule has 1 saturated heterocycles. The molecule has 3 heterocycles. The number of aromatic nitrogens is 2. The number of hydrogen-bond donors (Lipinski definition) is 2. The van der Waals surface area contributed by atoms with Crippen LogP contribution in [0.15, 0.2) is 36.7 Å². The minimum atomic E-state index is -2.82. The molecular formula is C24H31F2N5OS. The maximum atomic E-state index is 14.2. The van der Waals surface area contributed by atoms with Crippen LogP contribution in [-0.2, 0) is 6.42 Å². The summed E-state index contributed by atoms with van der Waals surface area (Å²) in [5, 5.41) is 4.80. The number of para-hydroxylation sites is 1. The van der Waals surface area contributed by atoms with Crippen LogP contribution < -0.4 is 10.2 Å². The van der Waals surface area contributed by atoms with Gasteiger partial charge in [-0.15, -0.1) is 0 Å². The van der Waals surface area contributed by atoms with Gasteiger partial charge in [-0.05, 0) is 31.5 Å². The standard InChI is InChI=1S/C24H31F2N5OS/c1-3-4-7-18(12-17-13-27-20-9-6-5-8-19(17)20)29-22(32)21-14-28-23(33-21)31-11-10-30(2)15-24(25,26)16-31/h5-6,8-9,13-14,18,27H,3-4,7,10-12,15-16H2,1-2H3,(H,29,32). The molecule has 1 aromatic carbocycles. The second kappa shape index (κ2) is 10.2. The second-order valence-corrected chi connectivity index (χ2v) is 9.91. The van der Waals surface area contributed by atoms with Crippen LogP contribution in [-0.4, -0.2) is 66.0 Å². The first-order chi connectivity index (χ1) is 15.8. The molecule has 3 aromatic rings. The van der Waals surface area contributed by atoms with Gasteiger partial charge in [-0.1, -0.05) is 49.3 Å². The summed E-state index contributed by atoms with van der Waals surface area (Å²) < 4.78 is 28.4. The SMILES string of the molecule is CCCCC(Cc1c[nH]c2ccccc12)NC(=O)c1cnc(N2CCN(C)CC(F)(F)C2)s1. The molecule has 9 heteroatoms. The lowest BCUT2D eigenvalue weighted by Crippen LogP contribution is -2.38. The Labute approximate surface area is 197 Å². The third kappa shape index (κ3) is 5.89. The molecule has 4 rings (SSSR count). The molecule has 2 N–H and O–H groups in total. The quantitative estimate of drug-likeness (QED) is 0.502. The predicted molar refractivity (Wildman–Crippen MR) is 130 cm³/mol. The number of likely N-dealkylation sites (N-methyl/N-ethyl adjacent to an activating group) is 1. The van der Waals surface area contributed by atoms with E-state index in [-0.39, 0.29) is 25.0 Å². The van der Waals surface area contributed by atoms with Crippen molar-refractivity contribution in [1.29, 1.82) is 0 Å². The molecule has 1 amide bonds. The molecule has 1 aliphatic heterocycles. The molecule has 6 nitrogen and oxygen atoms in total. The van der Waals surface area contributed by atoms with Crippen molar-refractivity contribution >= 4 is 33.3 Å². The maximum absolute atomic E-state index is 14.2. The number of amides is 1. The van der Waals surface area contributed by atoms with Gasteiger partial charge in [0.05, 0.1) is 19.3 Å². The fourth-order valence-corrected chi connectivity index (χ4v) is 5.20. The maximum Gasteiger partial charge on any atom is 0.277 e. The Kier molecular flexibility index (Phi) is 7.29. The Balaban J connectivity index is 1.45. The Bertz CT molecular complexity index is 1080. The zero-order valence-electron chi connectivity index (χ0n) is 19.1. The van der Waals surface area contributed by atoms with Gasteiger partial charge in [0.15, 0.2) is 5.13 Å². The third-order valence-electron chi connectivity index (χ3n) is 6.05. The molecule has 0 bridgehead atoms. The van der Waals surface area contributed by atoms with E-state index in [0.717, 1.165) is 31.2 Å². The van der Waals surface area contributed by atoms with Crippen LogP contribution >= 0.6 is 11.3 Å². The number of rotatable bonds is 8. The van der Waals surface area contributed by atoms with Gasteiger partial charge in [0, 0.05) is 36.2 Å². The van der Waals surface area contributed by atoms with Gasteiger partial charge in [0.1, 0.15) is 4.88 Å². The van der Waals surface area contributed by atoms with Crippen molar-refractivity contribution < 1.29 is 13.6 Å². The summed E-state index contributed by atoms with van der Waals surface area (Å²) in [6.45, 7) is 2.47. The lowest BCUT2D eigenvalue weighted by Gasteiger charge is -2.22. The van der Waals surface area contributed by atoms with E-state index in [1.54, 1.807) is 16.8 Å². The number of carbonyl (C=O) groups excluding carboxylic acids is 1. The average molecular weight is 476 g/mol. The number of hydrogen-bond acceptors (Lipinski definition) is 5. The molecular weight excluding hydrogens is 444 g/mol. The fourth-order valence-electron chi connectivity index (χ4n) is 4.35. The van der Waals surface area contributed by atoms with E-state index in [0.29, 0.717) is 23.1 Å². The Hall–Kier alpha value is -2.52. The monoisotopic (exact) mass is 475 g/mol. The fraction of sp³-hybridized carbons (Fsp3) is 0.500. The molecule has 0 radical (unpaired) electrons. The van der Waals surface area contributed by atoms with Crippen LogP contribution in [0.5, 0.6) is 0 Å². The van der Waals surface area contributed by atoms with E-state index in [4.69, 9.17) is 0 Å². The second-order valence-electron chi connectivity index (χ2n) is 8.90. The largest absolute Gasteiger partial charge is 0.361 e. The molecule has 0 spiro atoms. The Morgan fingerprint density at radius 1 is 1.30 bits per heavy atom. The van der Waals surface area contributed by atoms with E-state index in [1.807, 2.05) is 24.4 Å². The number of anilines is 1. The van der Waals surface area contributed by atoms with Gasteiger partial charge in [0.2, 0.25) is 0 Å². The summed E-state index contributed by atoms with van der Waals surface area (Å²) in [6.07, 6.45) is 7.17. The minimum absolute atomic E-state index is 0.0154. The first kappa shape index (κ1) is 23.6. The van der Waals surface area contributed by atoms with Crippen LogP contribution in [0.25, 0.3) is 10.9 Å². The van der Waals surface area contributed by atoms with Crippen molar-refractivity contribution in [1.82, 2.24) is 20.2 Å². The zero-order valence-corrected chi connectivity index (χ0v) is 19.9. The zero-order chi connectivity index (χ0) is 23.4. The van der Waals surface area contributed by atoms with Gasteiger partial charge in [-0.25, -0.2) is 13.8 Å². The lowest BCUT2D eigenvalue weighted by atomic mass is 10.0. The number of thiazole rings is 1. The number of unbranched alkanes of at least 4 members (excludes halogenated alkanes) is 1. The normalized spacial score (nSPS) is 17.8. The number of halogens is 2. The molecule has 178 valence electrons. The summed E-state index contributed by atoms with van der Waals surface area (Å²) in [6, 6.07) is 8.13. The van der Waals surface area contributed by atoms with Crippen molar-refractivity contribution in [2.75, 3.05) is 38.1 Å². The summed E-state index contributed by atoms with van der Waals surface area (Å²) >= 11 is 1.18. The van der Waals surface area contributed by atoms with Crippen LogP contribution in [0.1, 0.15) is 41.4 Å². The number of H-pyrrole nitrogens is 1. The van der Waals surface area contributed by atoms with Crippen LogP contribution in [0.4, 0.5) is 13.9 Å². The molecule has 2 aromatic heterocycles. The number of nitrogens with zero attached hydrogens (tertiary/aromatic N) is 3. The van der Waals surface area contributed by atoms with Crippen LogP contribution in [0.3, 0.4) is 0 Å². The number of fused-ring (bicyclic) bond motifs is 1. The molecule has 0 saturated carbocycles. The Morgan fingerprint density at radius 3 is 2.94 bits per heavy atom. The number of aromatic amines is 1. The third-order valence-corrected chi connectivity index (χ3v) is 7.10. The minimum Gasteiger partial charge on any atom is -0.361 e. The summed E-state index contributed by atoms with van der Waals surface area (Å²) in [7, 11) is 1.70. The van der Waals surface area contributed by atoms with E-state index in [9.17, 15) is 13.6 Å². The molecule has 1 unspecified atom stereocenters. The average Bonchev–Trinajstić information content (AvgIpc) is 3.39. The van der Waals surface area contributed by atoms with Gasteiger partial charge >= 0.3 is 0 Å². The van der Waals surface area contributed by atoms with Crippen molar-refractivity contribution in [2.24, 2.45) is 0 Å². The highest BCUT2D eigenvalue weighted by Crippen LogP contribution is 2.28. The predicted octanol–water partition coefficient (Wildman–Crippen LogP) is 4.54. The highest BCUT2D eigenvalue weighted by atomic mass is 32.1. The summed E-state index contributed by atoms with van der Waals surface area (Å²) in [5.41, 5.74) is 2.26. The van der Waals surface area contributed by atoms with Crippen molar-refractivity contribution in [3.63, 3.8) is 0 Å². The van der Waals surface area contributed by atoms with Gasteiger partial charge in [-0.3, -0.25) is 9.69 Å². The molecule has 1 atom stereocenters. The smallest absolute Gasteiger partial charge is 0.277 e. The summed E-state index contributed by atoms with van der Waals surface area (Å²) in [5.74, 6) is -3.01. The Morgan fingerprint density at radius 2 is 2.12 bits per heavy atom. The highest BCUT2D eigenvalue weighted by molar-refractivity contribution is 7.17. The van der Waals surface area contributed by atoms with Crippen molar-refractivity contribution in [3.05, 3.63) is 47.1 Å². The van der Waals surface area contributed by atoms with Crippen molar-refractivity contribution in [2.45, 2.75) is 44.6 Å². The summed E-state index contributed by atoms with van der Waals surface area (Å²) in [4.78, 5) is 24.3. The number of alkyl halides is 2. The van der Waals surface area contributed by atoms with Gasteiger partial charge < -0.3 is 15.2 Å². The van der Waals surface area contributed by atoms with E-state index in [2.05, 4.69) is 28.3 Å². The number of carbonyl (C=O) groups is 1. The molecule has 33 heavy (non-hydrogen) atoms. The lowest BCUT2D eigenvalue weighted by molar-refractivity contribution is -0.00938. The molecule has 1 aliphatic rings. The topological polar surface area (TPSA) is 64.3 Å².